The second-order valence-corrected chi connectivity index (χ2v) is 7.74. The monoisotopic (exact) mass is 436 g/mol. The van der Waals surface area contributed by atoms with Gasteiger partial charge in [0.25, 0.3) is 5.91 Å². The van der Waals surface area contributed by atoms with Crippen molar-refractivity contribution in [3.63, 3.8) is 0 Å². The Hall–Kier alpha value is -2.14. The molecule has 0 fully saturated rings. The number of ether oxygens (including phenoxy) is 1. The molecule has 2 aromatic rings. The van der Waals surface area contributed by atoms with Crippen LogP contribution in [0.3, 0.4) is 0 Å². The van der Waals surface area contributed by atoms with Crippen LogP contribution in [-0.2, 0) is 20.9 Å². The molecule has 2 rings (SSSR count). The van der Waals surface area contributed by atoms with Crippen molar-refractivity contribution in [3.8, 4) is 0 Å². The summed E-state index contributed by atoms with van der Waals surface area (Å²) in [6.45, 7) is 0.206. The average Bonchev–Trinajstić information content (AvgIpc) is 2.62. The van der Waals surface area contributed by atoms with E-state index in [0.29, 0.717) is 6.07 Å². The normalized spacial score (nSPS) is 12.0. The van der Waals surface area contributed by atoms with E-state index in [1.165, 1.54) is 31.4 Å². The number of carbonyl (C=O) groups excluding carboxylic acids is 1. The van der Waals surface area contributed by atoms with Gasteiger partial charge in [-0.2, -0.15) is 13.2 Å². The van der Waals surface area contributed by atoms with E-state index in [-0.39, 0.29) is 29.3 Å². The number of alkyl halides is 3. The molecule has 0 saturated heterocycles. The van der Waals surface area contributed by atoms with Crippen LogP contribution < -0.4 is 10.0 Å². The molecule has 0 aliphatic heterocycles. The first-order valence-electron chi connectivity index (χ1n) is 7.81. The third kappa shape index (κ3) is 5.68. The van der Waals surface area contributed by atoms with Crippen LogP contribution in [0.4, 0.5) is 18.9 Å². The van der Waals surface area contributed by atoms with E-state index in [1.54, 1.807) is 0 Å². The minimum absolute atomic E-state index is 0.0419. The zero-order valence-corrected chi connectivity index (χ0v) is 16.1. The molecule has 0 atom stereocenters. The van der Waals surface area contributed by atoms with Gasteiger partial charge < -0.3 is 10.1 Å². The highest BCUT2D eigenvalue weighted by molar-refractivity contribution is 7.89. The first kappa shape index (κ1) is 22.2. The lowest BCUT2D eigenvalue weighted by atomic mass is 10.1. The fraction of sp³-hybridized carbons (Fsp3) is 0.235. The predicted molar refractivity (Wildman–Crippen MR) is 97.9 cm³/mol. The van der Waals surface area contributed by atoms with Crippen LogP contribution >= 0.6 is 11.6 Å². The van der Waals surface area contributed by atoms with Gasteiger partial charge in [-0.15, -0.1) is 0 Å². The Morgan fingerprint density at radius 1 is 1.18 bits per heavy atom. The molecule has 0 bridgehead atoms. The zero-order valence-electron chi connectivity index (χ0n) is 14.5. The van der Waals surface area contributed by atoms with Crippen molar-refractivity contribution in [1.82, 2.24) is 4.72 Å². The zero-order chi connectivity index (χ0) is 20.9. The first-order chi connectivity index (χ1) is 13.0. The summed E-state index contributed by atoms with van der Waals surface area (Å²) < 4.78 is 70.2. The Labute approximate surface area is 164 Å². The molecule has 1 amide bonds. The molecule has 0 aliphatic rings. The van der Waals surface area contributed by atoms with Crippen LogP contribution in [-0.4, -0.2) is 34.6 Å². The number of amides is 1. The van der Waals surface area contributed by atoms with Crippen LogP contribution in [0, 0.1) is 0 Å². The Bertz CT molecular complexity index is 965. The molecule has 0 heterocycles. The van der Waals surface area contributed by atoms with Gasteiger partial charge in [-0.1, -0.05) is 17.7 Å². The van der Waals surface area contributed by atoms with E-state index < -0.39 is 32.7 Å². The first-order valence-corrected chi connectivity index (χ1v) is 9.67. The summed E-state index contributed by atoms with van der Waals surface area (Å²) in [6.07, 6.45) is -4.68. The van der Waals surface area contributed by atoms with E-state index in [0.717, 1.165) is 12.1 Å². The van der Waals surface area contributed by atoms with Crippen LogP contribution in [0.2, 0.25) is 5.02 Å². The summed E-state index contributed by atoms with van der Waals surface area (Å²) >= 11 is 5.54. The fourth-order valence-electron chi connectivity index (χ4n) is 2.19. The largest absolute Gasteiger partial charge is 0.417 e. The summed E-state index contributed by atoms with van der Waals surface area (Å²) in [7, 11) is -2.45. The molecule has 0 spiro atoms. The predicted octanol–water partition coefficient (Wildman–Crippen LogP) is 3.54. The molecule has 2 N–H and O–H groups in total. The third-order valence-corrected chi connectivity index (χ3v) is 5.32. The highest BCUT2D eigenvalue weighted by Crippen LogP contribution is 2.36. The average molecular weight is 437 g/mol. The molecule has 28 heavy (non-hydrogen) atoms. The van der Waals surface area contributed by atoms with Crippen LogP contribution in [0.5, 0.6) is 0 Å². The number of benzene rings is 2. The summed E-state index contributed by atoms with van der Waals surface area (Å²) in [5.74, 6) is -0.774. The Morgan fingerprint density at radius 2 is 1.89 bits per heavy atom. The van der Waals surface area contributed by atoms with Crippen molar-refractivity contribution in [1.29, 1.82) is 0 Å². The van der Waals surface area contributed by atoms with Crippen molar-refractivity contribution < 1.29 is 31.1 Å². The van der Waals surface area contributed by atoms with Crippen molar-refractivity contribution in [2.75, 3.05) is 25.6 Å². The van der Waals surface area contributed by atoms with Gasteiger partial charge in [0.15, 0.2) is 0 Å². The number of sulfonamides is 1. The summed E-state index contributed by atoms with van der Waals surface area (Å²) in [4.78, 5) is 12.2. The summed E-state index contributed by atoms with van der Waals surface area (Å²) in [5, 5.41) is 1.80. The molecular formula is C17H16ClF3N2O4S. The molecule has 0 aliphatic carbocycles. The van der Waals surface area contributed by atoms with E-state index in [2.05, 4.69) is 10.0 Å². The topological polar surface area (TPSA) is 84.5 Å². The van der Waals surface area contributed by atoms with Crippen molar-refractivity contribution in [2.45, 2.75) is 11.1 Å². The lowest BCUT2D eigenvalue weighted by Gasteiger charge is -2.12. The van der Waals surface area contributed by atoms with E-state index in [1.807, 2.05) is 0 Å². The maximum atomic E-state index is 12.9. The molecule has 11 heteroatoms. The molecule has 0 saturated carbocycles. The number of methoxy groups -OCH3 is 1. The lowest BCUT2D eigenvalue weighted by molar-refractivity contribution is -0.137. The second-order valence-electron chi connectivity index (χ2n) is 5.56. The van der Waals surface area contributed by atoms with E-state index in [9.17, 15) is 26.4 Å². The number of nitrogens with one attached hydrogen (secondary N) is 2. The van der Waals surface area contributed by atoms with Crippen LogP contribution in [0.15, 0.2) is 47.4 Å². The molecule has 152 valence electrons. The highest BCUT2D eigenvalue weighted by atomic mass is 35.5. The maximum Gasteiger partial charge on any atom is 0.417 e. The summed E-state index contributed by atoms with van der Waals surface area (Å²) in [6, 6.07) is 8.02. The smallest absolute Gasteiger partial charge is 0.383 e. The van der Waals surface area contributed by atoms with Crippen LogP contribution in [0.25, 0.3) is 0 Å². The van der Waals surface area contributed by atoms with Gasteiger partial charge in [0.2, 0.25) is 10.0 Å². The number of rotatable bonds is 7. The number of halogens is 4. The number of carbonyl (C=O) groups is 1. The van der Waals surface area contributed by atoms with Gasteiger partial charge in [0.1, 0.15) is 0 Å². The van der Waals surface area contributed by atoms with Crippen LogP contribution in [0.1, 0.15) is 15.9 Å². The quantitative estimate of drug-likeness (QED) is 0.650. The minimum atomic E-state index is -4.68. The lowest BCUT2D eigenvalue weighted by Crippen LogP contribution is -2.27. The van der Waals surface area contributed by atoms with Gasteiger partial charge in [-0.25, -0.2) is 13.1 Å². The Balaban J connectivity index is 2.22. The van der Waals surface area contributed by atoms with E-state index >= 15 is 0 Å². The summed E-state index contributed by atoms with van der Waals surface area (Å²) in [5.41, 5.74) is -1.27. The van der Waals surface area contributed by atoms with Crippen molar-refractivity contribution in [3.05, 3.63) is 58.6 Å². The standard InChI is InChI=1S/C17H16ClF3N2O4S/c1-27-8-7-22-28(25,26)13-4-2-3-11(9-13)16(24)23-12-5-6-15(18)14(10-12)17(19,20)21/h2-6,9-10,22H,7-8H2,1H3,(H,23,24). The van der Waals surface area contributed by atoms with Gasteiger partial charge in [0, 0.05) is 24.9 Å². The van der Waals surface area contributed by atoms with Crippen molar-refractivity contribution >= 4 is 33.2 Å². The number of hydrogen-bond donors (Lipinski definition) is 2. The molecule has 0 aromatic heterocycles. The minimum Gasteiger partial charge on any atom is -0.383 e. The fourth-order valence-corrected chi connectivity index (χ4v) is 3.47. The van der Waals surface area contributed by atoms with E-state index in [4.69, 9.17) is 16.3 Å². The number of anilines is 1. The van der Waals surface area contributed by atoms with Gasteiger partial charge in [-0.05, 0) is 36.4 Å². The second kappa shape index (κ2) is 8.91. The molecular weight excluding hydrogens is 421 g/mol. The Morgan fingerprint density at radius 3 is 2.54 bits per heavy atom. The van der Waals surface area contributed by atoms with Gasteiger partial charge in [-0.3, -0.25) is 4.79 Å². The SMILES string of the molecule is COCCNS(=O)(=O)c1cccc(C(=O)Nc2ccc(Cl)c(C(F)(F)F)c2)c1. The highest BCUT2D eigenvalue weighted by Gasteiger charge is 2.33. The molecule has 6 nitrogen and oxygen atoms in total. The third-order valence-electron chi connectivity index (χ3n) is 3.53. The molecule has 0 unspecified atom stereocenters. The van der Waals surface area contributed by atoms with Crippen molar-refractivity contribution in [2.24, 2.45) is 0 Å². The maximum absolute atomic E-state index is 12.9. The molecule has 0 radical (unpaired) electrons. The number of hydrogen-bond acceptors (Lipinski definition) is 4. The molecule has 2 aromatic carbocycles. The van der Waals surface area contributed by atoms with Gasteiger partial charge in [0.05, 0.1) is 22.1 Å². The van der Waals surface area contributed by atoms with Gasteiger partial charge >= 0.3 is 6.18 Å². The Kier molecular flexibility index (Phi) is 7.05.